The summed E-state index contributed by atoms with van der Waals surface area (Å²) >= 11 is 0. The lowest BCUT2D eigenvalue weighted by Crippen LogP contribution is -2.37. The highest BCUT2D eigenvalue weighted by molar-refractivity contribution is 7.92. The molecular weight excluding hydrogens is 217 g/mol. The molecule has 82 valence electrons. The van der Waals surface area contributed by atoms with Crippen molar-refractivity contribution in [3.8, 4) is 0 Å². The largest absolute Gasteiger partial charge is 0.270 e. The van der Waals surface area contributed by atoms with E-state index >= 15 is 0 Å². The molecule has 0 N–H and O–H groups in total. The van der Waals surface area contributed by atoms with E-state index in [1.807, 2.05) is 0 Å². The van der Waals surface area contributed by atoms with Crippen LogP contribution in [0.1, 0.15) is 12.8 Å². The number of sulfonamides is 1. The van der Waals surface area contributed by atoms with Crippen LogP contribution in [-0.2, 0) is 10.0 Å². The van der Waals surface area contributed by atoms with Crippen LogP contribution in [0.3, 0.4) is 0 Å². The molecule has 0 spiro atoms. The summed E-state index contributed by atoms with van der Waals surface area (Å²) in [4.78, 5) is 0. The zero-order valence-corrected chi connectivity index (χ0v) is 9.00. The second kappa shape index (κ2) is 3.81. The number of benzene rings is 1. The van der Waals surface area contributed by atoms with Crippen LogP contribution in [0.5, 0.6) is 0 Å². The third-order valence-electron chi connectivity index (χ3n) is 2.45. The summed E-state index contributed by atoms with van der Waals surface area (Å²) in [5.41, 5.74) is 0.426. The van der Waals surface area contributed by atoms with Gasteiger partial charge in [0.1, 0.15) is 5.82 Å². The molecule has 1 aliphatic rings. The summed E-state index contributed by atoms with van der Waals surface area (Å²) in [5, 5.41) is 0. The van der Waals surface area contributed by atoms with Crippen LogP contribution >= 0.6 is 0 Å². The lowest BCUT2D eigenvalue weighted by molar-refractivity contribution is 0.574. The average Bonchev–Trinajstić information content (AvgIpc) is 2.17. The fraction of sp³-hybridized carbons (Fsp3) is 0.400. The third-order valence-corrected chi connectivity index (χ3v) is 4.32. The van der Waals surface area contributed by atoms with Crippen LogP contribution < -0.4 is 4.31 Å². The van der Waals surface area contributed by atoms with E-state index in [4.69, 9.17) is 0 Å². The molecule has 0 aliphatic carbocycles. The van der Waals surface area contributed by atoms with E-state index in [0.29, 0.717) is 18.7 Å². The number of halogens is 1. The Hall–Kier alpha value is -1.10. The topological polar surface area (TPSA) is 37.4 Å². The van der Waals surface area contributed by atoms with Crippen LogP contribution in [-0.4, -0.2) is 20.7 Å². The molecule has 2 rings (SSSR count). The fourth-order valence-electron chi connectivity index (χ4n) is 1.71. The molecule has 1 aliphatic heterocycles. The van der Waals surface area contributed by atoms with Gasteiger partial charge in [0.2, 0.25) is 10.0 Å². The van der Waals surface area contributed by atoms with E-state index in [1.54, 1.807) is 6.07 Å². The Bertz CT molecular complexity index is 458. The van der Waals surface area contributed by atoms with Gasteiger partial charge in [-0.05, 0) is 31.0 Å². The van der Waals surface area contributed by atoms with Crippen molar-refractivity contribution < 1.29 is 12.8 Å². The van der Waals surface area contributed by atoms with Crippen LogP contribution in [0.25, 0.3) is 0 Å². The second-order valence-corrected chi connectivity index (χ2v) is 5.59. The summed E-state index contributed by atoms with van der Waals surface area (Å²) in [6, 6.07) is 5.70. The van der Waals surface area contributed by atoms with Gasteiger partial charge in [0, 0.05) is 6.54 Å². The Morgan fingerprint density at radius 2 is 2.07 bits per heavy atom. The molecule has 1 aromatic carbocycles. The number of anilines is 1. The van der Waals surface area contributed by atoms with E-state index < -0.39 is 15.8 Å². The van der Waals surface area contributed by atoms with E-state index in [2.05, 4.69) is 0 Å². The zero-order valence-electron chi connectivity index (χ0n) is 8.19. The first-order chi connectivity index (χ1) is 7.09. The van der Waals surface area contributed by atoms with Gasteiger partial charge in [-0.1, -0.05) is 6.07 Å². The van der Waals surface area contributed by atoms with Gasteiger partial charge >= 0.3 is 0 Å². The maximum absolute atomic E-state index is 13.0. The summed E-state index contributed by atoms with van der Waals surface area (Å²) in [6.07, 6.45) is 1.52. The summed E-state index contributed by atoms with van der Waals surface area (Å²) < 4.78 is 37.6. The highest BCUT2D eigenvalue weighted by Crippen LogP contribution is 2.23. The predicted octanol–water partition coefficient (Wildman–Crippen LogP) is 1.76. The van der Waals surface area contributed by atoms with Crippen molar-refractivity contribution in [2.75, 3.05) is 16.6 Å². The standard InChI is InChI=1S/C10H12FNO2S/c11-9-4-3-5-10(8-9)12-6-1-2-7-15(12,13)14/h3-5,8H,1-2,6-7H2. The Balaban J connectivity index is 2.37. The first-order valence-corrected chi connectivity index (χ1v) is 6.46. The van der Waals surface area contributed by atoms with Crippen LogP contribution in [0.15, 0.2) is 24.3 Å². The fourth-order valence-corrected chi connectivity index (χ4v) is 3.34. The monoisotopic (exact) mass is 229 g/mol. The van der Waals surface area contributed by atoms with Crippen molar-refractivity contribution in [1.29, 1.82) is 0 Å². The molecule has 0 radical (unpaired) electrons. The van der Waals surface area contributed by atoms with Gasteiger partial charge in [-0.3, -0.25) is 4.31 Å². The SMILES string of the molecule is O=S1(=O)CCCCN1c1cccc(F)c1. The maximum Gasteiger partial charge on any atom is 0.235 e. The molecule has 1 fully saturated rings. The van der Waals surface area contributed by atoms with Crippen LogP contribution in [0.2, 0.25) is 0 Å². The highest BCUT2D eigenvalue weighted by Gasteiger charge is 2.25. The lowest BCUT2D eigenvalue weighted by Gasteiger charge is -2.28. The molecule has 3 nitrogen and oxygen atoms in total. The molecule has 0 unspecified atom stereocenters. The molecule has 0 atom stereocenters. The quantitative estimate of drug-likeness (QED) is 0.735. The van der Waals surface area contributed by atoms with E-state index in [1.165, 1.54) is 22.5 Å². The molecule has 1 heterocycles. The van der Waals surface area contributed by atoms with Crippen LogP contribution in [0, 0.1) is 5.82 Å². The first kappa shape index (κ1) is 10.4. The van der Waals surface area contributed by atoms with E-state index in [-0.39, 0.29) is 5.75 Å². The lowest BCUT2D eigenvalue weighted by atomic mass is 10.3. The zero-order chi connectivity index (χ0) is 10.9. The van der Waals surface area contributed by atoms with Gasteiger partial charge < -0.3 is 0 Å². The van der Waals surface area contributed by atoms with Gasteiger partial charge in [-0.2, -0.15) is 0 Å². The first-order valence-electron chi connectivity index (χ1n) is 4.85. The minimum Gasteiger partial charge on any atom is -0.270 e. The molecule has 1 saturated heterocycles. The Labute approximate surface area is 88.6 Å². The van der Waals surface area contributed by atoms with E-state index in [0.717, 1.165) is 6.42 Å². The van der Waals surface area contributed by atoms with Gasteiger partial charge in [0.25, 0.3) is 0 Å². The molecule has 15 heavy (non-hydrogen) atoms. The average molecular weight is 229 g/mol. The number of hydrogen-bond acceptors (Lipinski definition) is 2. The molecular formula is C10H12FNO2S. The predicted molar refractivity (Wildman–Crippen MR) is 56.8 cm³/mol. The smallest absolute Gasteiger partial charge is 0.235 e. The third kappa shape index (κ3) is 2.12. The van der Waals surface area contributed by atoms with Crippen molar-refractivity contribution in [2.24, 2.45) is 0 Å². The van der Waals surface area contributed by atoms with Gasteiger partial charge in [0.05, 0.1) is 11.4 Å². The van der Waals surface area contributed by atoms with Crippen molar-refractivity contribution in [3.63, 3.8) is 0 Å². The number of nitrogens with zero attached hydrogens (tertiary/aromatic N) is 1. The maximum atomic E-state index is 13.0. The van der Waals surface area contributed by atoms with Crippen molar-refractivity contribution in [2.45, 2.75) is 12.8 Å². The van der Waals surface area contributed by atoms with Crippen molar-refractivity contribution in [1.82, 2.24) is 0 Å². The Morgan fingerprint density at radius 1 is 1.27 bits per heavy atom. The molecule has 0 bridgehead atoms. The Kier molecular flexibility index (Phi) is 2.65. The molecule has 0 saturated carbocycles. The minimum atomic E-state index is -3.23. The summed E-state index contributed by atoms with van der Waals surface area (Å²) in [5.74, 6) is -0.253. The highest BCUT2D eigenvalue weighted by atomic mass is 32.2. The second-order valence-electron chi connectivity index (χ2n) is 3.58. The van der Waals surface area contributed by atoms with Crippen molar-refractivity contribution >= 4 is 15.7 Å². The summed E-state index contributed by atoms with van der Waals surface area (Å²) in [7, 11) is -3.23. The van der Waals surface area contributed by atoms with Crippen molar-refractivity contribution in [3.05, 3.63) is 30.1 Å². The normalized spacial score (nSPS) is 20.2. The number of hydrogen-bond donors (Lipinski definition) is 0. The van der Waals surface area contributed by atoms with E-state index in [9.17, 15) is 12.8 Å². The minimum absolute atomic E-state index is 0.156. The molecule has 0 aromatic heterocycles. The molecule has 0 amide bonds. The van der Waals surface area contributed by atoms with Gasteiger partial charge in [-0.25, -0.2) is 12.8 Å². The van der Waals surface area contributed by atoms with Gasteiger partial charge in [-0.15, -0.1) is 0 Å². The molecule has 5 heteroatoms. The Morgan fingerprint density at radius 3 is 2.73 bits per heavy atom. The summed E-state index contributed by atoms with van der Waals surface area (Å²) in [6.45, 7) is 0.450. The molecule has 1 aromatic rings. The number of rotatable bonds is 1. The van der Waals surface area contributed by atoms with Gasteiger partial charge in [0.15, 0.2) is 0 Å². The van der Waals surface area contributed by atoms with Crippen LogP contribution in [0.4, 0.5) is 10.1 Å².